The summed E-state index contributed by atoms with van der Waals surface area (Å²) in [5.41, 5.74) is 4.66. The molecule has 100 valence electrons. The summed E-state index contributed by atoms with van der Waals surface area (Å²) in [7, 11) is 0. The first-order valence-corrected chi connectivity index (χ1v) is 7.22. The molecule has 0 radical (unpaired) electrons. The number of nitrogens with zero attached hydrogens (tertiary/aromatic N) is 1. The highest BCUT2D eigenvalue weighted by Gasteiger charge is 2.13. The Morgan fingerprint density at radius 1 is 1.40 bits per heavy atom. The average Bonchev–Trinajstić information content (AvgIpc) is 2.76. The van der Waals surface area contributed by atoms with Crippen molar-refractivity contribution in [2.75, 3.05) is 5.32 Å². The van der Waals surface area contributed by atoms with Gasteiger partial charge >= 0.3 is 0 Å². The van der Waals surface area contributed by atoms with Gasteiger partial charge in [0.15, 0.2) is 0 Å². The molecule has 2 N–H and O–H groups in total. The van der Waals surface area contributed by atoms with Crippen molar-refractivity contribution >= 4 is 43.6 Å². The molecular formula is C16H14BrN3. The Morgan fingerprint density at radius 2 is 2.20 bits per heavy atom. The van der Waals surface area contributed by atoms with Gasteiger partial charge in [-0.15, -0.1) is 6.42 Å². The Bertz CT molecular complexity index is 840. The predicted octanol–water partition coefficient (Wildman–Crippen LogP) is 4.28. The molecule has 3 aromatic rings. The summed E-state index contributed by atoms with van der Waals surface area (Å²) < 4.78 is 1.03. The molecule has 3 nitrogen and oxygen atoms in total. The third-order valence-electron chi connectivity index (χ3n) is 3.16. The maximum atomic E-state index is 5.58. The minimum atomic E-state index is 0.297. The maximum absolute atomic E-state index is 5.58. The van der Waals surface area contributed by atoms with E-state index in [9.17, 15) is 0 Å². The SMILES string of the molecule is C#Cc1cnc2c([nH]c3cc(Br)ccc32)c1NC(C)C. The number of H-pyrrole nitrogens is 1. The van der Waals surface area contributed by atoms with E-state index in [4.69, 9.17) is 6.42 Å². The molecule has 0 saturated carbocycles. The summed E-state index contributed by atoms with van der Waals surface area (Å²) in [6.07, 6.45) is 7.34. The van der Waals surface area contributed by atoms with Gasteiger partial charge in [-0.25, -0.2) is 0 Å². The van der Waals surface area contributed by atoms with Gasteiger partial charge in [-0.1, -0.05) is 21.9 Å². The summed E-state index contributed by atoms with van der Waals surface area (Å²) in [5, 5.41) is 4.51. The molecule has 2 heterocycles. The normalized spacial score (nSPS) is 11.2. The van der Waals surface area contributed by atoms with E-state index in [-0.39, 0.29) is 0 Å². The summed E-state index contributed by atoms with van der Waals surface area (Å²) in [6, 6.07) is 6.42. The quantitative estimate of drug-likeness (QED) is 0.690. The van der Waals surface area contributed by atoms with E-state index < -0.39 is 0 Å². The van der Waals surface area contributed by atoms with Crippen LogP contribution in [0.25, 0.3) is 21.9 Å². The van der Waals surface area contributed by atoms with Crippen LogP contribution in [-0.2, 0) is 0 Å². The van der Waals surface area contributed by atoms with E-state index in [1.54, 1.807) is 6.20 Å². The minimum Gasteiger partial charge on any atom is -0.380 e. The fourth-order valence-electron chi connectivity index (χ4n) is 2.35. The van der Waals surface area contributed by atoms with Crippen molar-refractivity contribution in [1.82, 2.24) is 9.97 Å². The predicted molar refractivity (Wildman–Crippen MR) is 88.0 cm³/mol. The summed E-state index contributed by atoms with van der Waals surface area (Å²) in [4.78, 5) is 7.93. The Hall–Kier alpha value is -1.99. The highest BCUT2D eigenvalue weighted by atomic mass is 79.9. The number of aromatic amines is 1. The van der Waals surface area contributed by atoms with Crippen LogP contribution in [0.15, 0.2) is 28.9 Å². The molecule has 20 heavy (non-hydrogen) atoms. The number of hydrogen-bond donors (Lipinski definition) is 2. The molecule has 0 atom stereocenters. The lowest BCUT2D eigenvalue weighted by molar-refractivity contribution is 0.900. The van der Waals surface area contributed by atoms with Gasteiger partial charge in [0, 0.05) is 27.6 Å². The summed E-state index contributed by atoms with van der Waals surface area (Å²) >= 11 is 3.49. The van der Waals surface area contributed by atoms with Crippen molar-refractivity contribution in [3.8, 4) is 12.3 Å². The third-order valence-corrected chi connectivity index (χ3v) is 3.66. The maximum Gasteiger partial charge on any atom is 0.0979 e. The van der Waals surface area contributed by atoms with Crippen LogP contribution in [0, 0.1) is 12.3 Å². The topological polar surface area (TPSA) is 40.7 Å². The van der Waals surface area contributed by atoms with E-state index in [0.717, 1.165) is 37.7 Å². The Kier molecular flexibility index (Phi) is 3.15. The molecule has 0 aliphatic rings. The van der Waals surface area contributed by atoms with Crippen LogP contribution in [0.2, 0.25) is 0 Å². The second-order valence-electron chi connectivity index (χ2n) is 5.03. The van der Waals surface area contributed by atoms with Gasteiger partial charge in [0.05, 0.1) is 22.3 Å². The molecule has 0 bridgehead atoms. The van der Waals surface area contributed by atoms with E-state index in [2.05, 4.69) is 57.0 Å². The zero-order chi connectivity index (χ0) is 14.3. The lowest BCUT2D eigenvalue weighted by Gasteiger charge is -2.12. The third kappa shape index (κ3) is 2.04. The van der Waals surface area contributed by atoms with Crippen LogP contribution >= 0.6 is 15.9 Å². The fourth-order valence-corrected chi connectivity index (χ4v) is 2.71. The van der Waals surface area contributed by atoms with Crippen LogP contribution in [0.3, 0.4) is 0 Å². The molecule has 0 amide bonds. The van der Waals surface area contributed by atoms with Crippen molar-refractivity contribution in [2.24, 2.45) is 0 Å². The molecule has 1 aromatic carbocycles. The zero-order valence-corrected chi connectivity index (χ0v) is 12.9. The number of halogens is 1. The van der Waals surface area contributed by atoms with Crippen LogP contribution in [-0.4, -0.2) is 16.0 Å². The number of nitrogens with one attached hydrogen (secondary N) is 2. The largest absolute Gasteiger partial charge is 0.380 e. The number of benzene rings is 1. The molecular weight excluding hydrogens is 314 g/mol. The van der Waals surface area contributed by atoms with Gasteiger partial charge in [0.25, 0.3) is 0 Å². The fraction of sp³-hybridized carbons (Fsp3) is 0.188. The summed E-state index contributed by atoms with van der Waals surface area (Å²) in [6.45, 7) is 4.18. The Labute approximate surface area is 125 Å². The minimum absolute atomic E-state index is 0.297. The molecule has 0 spiro atoms. The van der Waals surface area contributed by atoms with Crippen LogP contribution in [0.4, 0.5) is 5.69 Å². The molecule has 4 heteroatoms. The monoisotopic (exact) mass is 327 g/mol. The highest BCUT2D eigenvalue weighted by molar-refractivity contribution is 9.10. The average molecular weight is 328 g/mol. The van der Waals surface area contributed by atoms with Gasteiger partial charge in [-0.2, -0.15) is 0 Å². The number of terminal acetylenes is 1. The van der Waals surface area contributed by atoms with Crippen molar-refractivity contribution in [2.45, 2.75) is 19.9 Å². The van der Waals surface area contributed by atoms with E-state index in [0.29, 0.717) is 6.04 Å². The Morgan fingerprint density at radius 3 is 2.90 bits per heavy atom. The van der Waals surface area contributed by atoms with E-state index >= 15 is 0 Å². The standard InChI is InChI=1S/C16H14BrN3/c1-4-10-8-18-15-12-6-5-11(17)7-13(12)20-16(15)14(10)19-9(2)3/h1,5-9,20H,2-3H3,(H,18,19). The van der Waals surface area contributed by atoms with Crippen LogP contribution < -0.4 is 5.32 Å². The summed E-state index contributed by atoms with van der Waals surface area (Å²) in [5.74, 6) is 2.69. The molecule has 0 unspecified atom stereocenters. The number of rotatable bonds is 2. The van der Waals surface area contributed by atoms with E-state index in [1.165, 1.54) is 0 Å². The first-order valence-electron chi connectivity index (χ1n) is 6.43. The van der Waals surface area contributed by atoms with Crippen molar-refractivity contribution < 1.29 is 0 Å². The molecule has 2 aromatic heterocycles. The second-order valence-corrected chi connectivity index (χ2v) is 5.94. The van der Waals surface area contributed by atoms with Crippen molar-refractivity contribution in [3.05, 3.63) is 34.4 Å². The van der Waals surface area contributed by atoms with Gasteiger partial charge in [0.2, 0.25) is 0 Å². The van der Waals surface area contributed by atoms with Gasteiger partial charge < -0.3 is 10.3 Å². The second kappa shape index (κ2) is 4.84. The smallest absolute Gasteiger partial charge is 0.0979 e. The molecule has 0 aliphatic carbocycles. The number of pyridine rings is 1. The van der Waals surface area contributed by atoms with Crippen LogP contribution in [0.1, 0.15) is 19.4 Å². The number of anilines is 1. The van der Waals surface area contributed by atoms with E-state index in [1.807, 2.05) is 12.1 Å². The molecule has 3 rings (SSSR count). The Balaban J connectivity index is 2.38. The first kappa shape index (κ1) is 13.0. The van der Waals surface area contributed by atoms with Crippen molar-refractivity contribution in [3.63, 3.8) is 0 Å². The van der Waals surface area contributed by atoms with Gasteiger partial charge in [0.1, 0.15) is 0 Å². The molecule has 0 saturated heterocycles. The highest BCUT2D eigenvalue weighted by Crippen LogP contribution is 2.32. The van der Waals surface area contributed by atoms with Gasteiger partial charge in [-0.05, 0) is 32.0 Å². The van der Waals surface area contributed by atoms with Crippen LogP contribution in [0.5, 0.6) is 0 Å². The molecule has 0 fully saturated rings. The van der Waals surface area contributed by atoms with Gasteiger partial charge in [-0.3, -0.25) is 4.98 Å². The number of hydrogen-bond acceptors (Lipinski definition) is 2. The number of fused-ring (bicyclic) bond motifs is 3. The number of aromatic nitrogens is 2. The first-order chi connectivity index (χ1) is 9.60. The zero-order valence-electron chi connectivity index (χ0n) is 11.3. The molecule has 0 aliphatic heterocycles. The lowest BCUT2D eigenvalue weighted by Crippen LogP contribution is -2.11. The van der Waals surface area contributed by atoms with Crippen molar-refractivity contribution in [1.29, 1.82) is 0 Å². The lowest BCUT2D eigenvalue weighted by atomic mass is 10.1.